The van der Waals surface area contributed by atoms with E-state index in [1.54, 1.807) is 0 Å². The van der Waals surface area contributed by atoms with Crippen LogP contribution in [0.25, 0.3) is 43.8 Å². The summed E-state index contributed by atoms with van der Waals surface area (Å²) in [4.78, 5) is 0. The van der Waals surface area contributed by atoms with Gasteiger partial charge in [-0.2, -0.15) is 8.78 Å². The van der Waals surface area contributed by atoms with Crippen molar-refractivity contribution in [1.29, 1.82) is 0 Å². The number of methoxy groups -OCH3 is 2. The van der Waals surface area contributed by atoms with E-state index in [1.807, 2.05) is 0 Å². The summed E-state index contributed by atoms with van der Waals surface area (Å²) in [7, 11) is 1.69. The van der Waals surface area contributed by atoms with E-state index in [9.17, 15) is 22.0 Å². The summed E-state index contributed by atoms with van der Waals surface area (Å²) in [6, 6.07) is 2.93. The predicted octanol–water partition coefficient (Wildman–Crippen LogP) is 8.87. The Balaban J connectivity index is 2.18. The molecule has 2 nitrogen and oxygen atoms in total. The molecule has 0 spiro atoms. The Labute approximate surface area is 222 Å². The number of hydrogen-bond donors (Lipinski definition) is 0. The minimum Gasteiger partial charge on any atom is -0.497 e. The highest BCUT2D eigenvalue weighted by atomic mass is 19.2. The lowest BCUT2D eigenvalue weighted by Crippen LogP contribution is -2.08. The first-order chi connectivity index (χ1) is 19.3. The van der Waals surface area contributed by atoms with Crippen LogP contribution in [0.15, 0.2) is 30.3 Å². The maximum atomic E-state index is 15.5. The Hall–Kier alpha value is -4.55. The lowest BCUT2D eigenvalue weighted by Gasteiger charge is -2.21. The number of ether oxygens (including phenoxy) is 2. The molecule has 5 aromatic rings. The van der Waals surface area contributed by atoms with Crippen LogP contribution in [0.4, 0.5) is 48.3 Å². The van der Waals surface area contributed by atoms with Crippen LogP contribution in [0, 0.1) is 64.0 Å². The van der Waals surface area contributed by atoms with Gasteiger partial charge in [-0.05, 0) is 22.9 Å². The highest BCUT2D eigenvalue weighted by Crippen LogP contribution is 2.50. The quantitative estimate of drug-likeness (QED) is 0.0904. The molecule has 13 heteroatoms. The third-order valence-corrected chi connectivity index (χ3v) is 6.47. The lowest BCUT2D eigenvalue weighted by atomic mass is 9.84. The second kappa shape index (κ2) is 9.82. The Kier molecular flexibility index (Phi) is 6.71. The summed E-state index contributed by atoms with van der Waals surface area (Å²) >= 11 is 0. The highest BCUT2D eigenvalue weighted by molar-refractivity contribution is 6.22. The van der Waals surface area contributed by atoms with Gasteiger partial charge in [-0.1, -0.05) is 6.07 Å². The third kappa shape index (κ3) is 3.93. The average molecular weight is 588 g/mol. The summed E-state index contributed by atoms with van der Waals surface area (Å²) < 4.78 is 174. The fraction of sp³-hybridized carbons (Fsp3) is 0.0714. The maximum Gasteiger partial charge on any atom is 0.204 e. The van der Waals surface area contributed by atoms with Gasteiger partial charge in [0.25, 0.3) is 0 Å². The smallest absolute Gasteiger partial charge is 0.204 e. The molecule has 0 saturated carbocycles. The van der Waals surface area contributed by atoms with Gasteiger partial charge in [0, 0.05) is 34.0 Å². The predicted molar refractivity (Wildman–Crippen MR) is 125 cm³/mol. The molecular formula is C28H11F11O2. The molecule has 0 aliphatic rings. The van der Waals surface area contributed by atoms with Crippen LogP contribution in [0.1, 0.15) is 0 Å². The van der Waals surface area contributed by atoms with E-state index in [0.717, 1.165) is 7.11 Å². The first kappa shape index (κ1) is 28.0. The summed E-state index contributed by atoms with van der Waals surface area (Å²) in [6.45, 7) is 0. The van der Waals surface area contributed by atoms with Gasteiger partial charge in [0.1, 0.15) is 23.2 Å². The molecule has 0 fully saturated rings. The normalized spacial score (nSPS) is 11.5. The number of fused-ring (bicyclic) bond motifs is 2. The fourth-order valence-corrected chi connectivity index (χ4v) is 4.75. The molecule has 5 aromatic carbocycles. The zero-order valence-corrected chi connectivity index (χ0v) is 20.4. The standard InChI is InChI=1S/C28H11F11O2/c1-40-9-6-12(30)16(13(31)7-9)14-10-4-3-8(29)5-11(10)15(18-17(14)20(32)24(36)25(37)21(18)33)19-22(34)26(38)28(41-2)27(39)23(19)35/h3-7H,1-2H3. The topological polar surface area (TPSA) is 18.5 Å². The minimum atomic E-state index is -2.55. The molecule has 0 aliphatic carbocycles. The highest BCUT2D eigenvalue weighted by Gasteiger charge is 2.35. The molecule has 41 heavy (non-hydrogen) atoms. The molecule has 0 atom stereocenters. The van der Waals surface area contributed by atoms with Crippen molar-refractivity contribution in [2.24, 2.45) is 0 Å². The van der Waals surface area contributed by atoms with Crippen LogP contribution in [-0.4, -0.2) is 14.2 Å². The van der Waals surface area contributed by atoms with E-state index in [4.69, 9.17) is 4.74 Å². The van der Waals surface area contributed by atoms with Gasteiger partial charge in [0.05, 0.1) is 25.3 Å². The largest absolute Gasteiger partial charge is 0.497 e. The Morgan fingerprint density at radius 3 is 1.39 bits per heavy atom. The fourth-order valence-electron chi connectivity index (χ4n) is 4.75. The van der Waals surface area contributed by atoms with Crippen molar-refractivity contribution in [3.05, 3.63) is 94.3 Å². The van der Waals surface area contributed by atoms with Crippen molar-refractivity contribution < 1.29 is 57.8 Å². The van der Waals surface area contributed by atoms with Gasteiger partial charge in [0.15, 0.2) is 40.7 Å². The number of halogens is 11. The van der Waals surface area contributed by atoms with E-state index < -0.39 is 119 Å². The van der Waals surface area contributed by atoms with Crippen LogP contribution in [0.2, 0.25) is 0 Å². The molecule has 0 radical (unpaired) electrons. The molecule has 5 rings (SSSR count). The summed E-state index contributed by atoms with van der Waals surface area (Å²) in [6.07, 6.45) is 0. The zero-order chi connectivity index (χ0) is 30.1. The zero-order valence-electron chi connectivity index (χ0n) is 20.4. The number of rotatable bonds is 4. The molecule has 212 valence electrons. The van der Waals surface area contributed by atoms with Crippen LogP contribution in [-0.2, 0) is 0 Å². The molecule has 0 aromatic heterocycles. The lowest BCUT2D eigenvalue weighted by molar-refractivity contribution is 0.334. The second-order valence-corrected chi connectivity index (χ2v) is 8.58. The number of hydrogen-bond acceptors (Lipinski definition) is 2. The van der Waals surface area contributed by atoms with Crippen molar-refractivity contribution in [1.82, 2.24) is 0 Å². The number of benzene rings is 5. The third-order valence-electron chi connectivity index (χ3n) is 6.47. The van der Waals surface area contributed by atoms with E-state index in [-0.39, 0.29) is 0 Å². The molecule has 0 N–H and O–H groups in total. The Morgan fingerprint density at radius 1 is 0.439 bits per heavy atom. The van der Waals surface area contributed by atoms with Gasteiger partial charge < -0.3 is 9.47 Å². The van der Waals surface area contributed by atoms with E-state index in [2.05, 4.69) is 4.74 Å². The van der Waals surface area contributed by atoms with Crippen LogP contribution < -0.4 is 9.47 Å². The van der Waals surface area contributed by atoms with Crippen molar-refractivity contribution in [3.63, 3.8) is 0 Å². The summed E-state index contributed by atoms with van der Waals surface area (Å²) in [5, 5.41) is -4.69. The van der Waals surface area contributed by atoms with Gasteiger partial charge in [-0.3, -0.25) is 0 Å². The first-order valence-corrected chi connectivity index (χ1v) is 11.2. The maximum absolute atomic E-state index is 15.5. The minimum absolute atomic E-state index is 0.391. The first-order valence-electron chi connectivity index (χ1n) is 11.2. The Bertz CT molecular complexity index is 1880. The van der Waals surface area contributed by atoms with Gasteiger partial charge in [-0.25, -0.2) is 39.5 Å². The molecule has 0 saturated heterocycles. The van der Waals surface area contributed by atoms with E-state index in [1.165, 1.54) is 0 Å². The van der Waals surface area contributed by atoms with E-state index >= 15 is 26.3 Å². The average Bonchev–Trinajstić information content (AvgIpc) is 2.94. The second-order valence-electron chi connectivity index (χ2n) is 8.58. The molecule has 0 bridgehead atoms. The van der Waals surface area contributed by atoms with Gasteiger partial charge in [-0.15, -0.1) is 0 Å². The van der Waals surface area contributed by atoms with Crippen molar-refractivity contribution in [3.8, 4) is 33.8 Å². The SMILES string of the molecule is COc1cc(F)c(-c2c3ccc(F)cc3c(-c3c(F)c(F)c(OC)c(F)c3F)c3c(F)c(F)c(F)c(F)c23)c(F)c1. The van der Waals surface area contributed by atoms with Gasteiger partial charge >= 0.3 is 0 Å². The Morgan fingerprint density at radius 2 is 0.927 bits per heavy atom. The van der Waals surface area contributed by atoms with Crippen molar-refractivity contribution in [2.45, 2.75) is 0 Å². The molecule has 0 amide bonds. The van der Waals surface area contributed by atoms with Crippen molar-refractivity contribution >= 4 is 21.5 Å². The van der Waals surface area contributed by atoms with Crippen LogP contribution in [0.5, 0.6) is 11.5 Å². The van der Waals surface area contributed by atoms with Gasteiger partial charge in [0.2, 0.25) is 11.6 Å². The van der Waals surface area contributed by atoms with Crippen molar-refractivity contribution in [2.75, 3.05) is 14.2 Å². The molecular weight excluding hydrogens is 577 g/mol. The van der Waals surface area contributed by atoms with Crippen LogP contribution >= 0.6 is 0 Å². The molecule has 0 heterocycles. The molecule has 0 aliphatic heterocycles. The summed E-state index contributed by atoms with van der Waals surface area (Å²) in [5.41, 5.74) is -5.41. The monoisotopic (exact) mass is 588 g/mol. The van der Waals surface area contributed by atoms with E-state index in [0.29, 0.717) is 37.4 Å². The van der Waals surface area contributed by atoms with Crippen LogP contribution in [0.3, 0.4) is 0 Å². The summed E-state index contributed by atoms with van der Waals surface area (Å²) in [5.74, 6) is -24.8. The molecule has 0 unspecified atom stereocenters.